The summed E-state index contributed by atoms with van der Waals surface area (Å²) in [6.45, 7) is 8.29. The van der Waals surface area contributed by atoms with Crippen molar-refractivity contribution < 1.29 is 48.0 Å². The predicted octanol–water partition coefficient (Wildman–Crippen LogP) is 3.53. The lowest BCUT2D eigenvalue weighted by atomic mass is 9.83. The van der Waals surface area contributed by atoms with Crippen molar-refractivity contribution >= 4 is 41.2 Å². The van der Waals surface area contributed by atoms with E-state index in [-0.39, 0.29) is 23.8 Å². The standard InChI is InChI=1S/C34H46ClN3O10/c1-18-11-10-12-26(45-9)34(43)17-25(46-32(42)36-34)19(2)30-33(5,48-30)27(47-31(41)20(3)37(6)21(4)39)16-28(40)38(7)23-14-22(13-18)15-24(44-8)29(23)35/h10-12,14-15,19-20,25-27,30,43H,13,16-17H2,1-9H3,(H,36,42)/t19-,20-,25-,26-,27+,30-,33-,34+/m1/s1. The van der Waals surface area contributed by atoms with Crippen LogP contribution in [-0.2, 0) is 39.8 Å². The van der Waals surface area contributed by atoms with Crippen molar-refractivity contribution in [1.29, 1.82) is 0 Å². The molecule has 13 nitrogen and oxygen atoms in total. The number of likely N-dealkylation sites (N-methyl/N-ethyl adjacent to an activating group) is 1. The number of epoxide rings is 1. The quantitative estimate of drug-likeness (QED) is 0.346. The average Bonchev–Trinajstić information content (AvgIpc) is 3.73. The highest BCUT2D eigenvalue weighted by atomic mass is 35.5. The van der Waals surface area contributed by atoms with Gasteiger partial charge in [-0.2, -0.15) is 0 Å². The summed E-state index contributed by atoms with van der Waals surface area (Å²) >= 11 is 6.71. The number of allylic oxidation sites excluding steroid dienone is 3. The number of nitrogens with zero attached hydrogens (tertiary/aromatic N) is 2. The van der Waals surface area contributed by atoms with Crippen LogP contribution in [0.4, 0.5) is 10.5 Å². The van der Waals surface area contributed by atoms with Crippen molar-refractivity contribution in [2.24, 2.45) is 5.92 Å². The third-order valence-corrected chi connectivity index (χ3v) is 10.0. The highest BCUT2D eigenvalue weighted by molar-refractivity contribution is 6.35. The summed E-state index contributed by atoms with van der Waals surface area (Å²) in [5, 5.41) is 14.4. The number of methoxy groups -OCH3 is 2. The number of benzene rings is 1. The second-order valence-electron chi connectivity index (χ2n) is 13.0. The molecule has 3 aliphatic rings. The molecule has 4 bridgehead atoms. The predicted molar refractivity (Wildman–Crippen MR) is 177 cm³/mol. The van der Waals surface area contributed by atoms with Crippen molar-refractivity contribution in [2.75, 3.05) is 33.2 Å². The number of hydrogen-bond acceptors (Lipinski definition) is 10. The third-order valence-electron chi connectivity index (χ3n) is 9.63. The Bertz CT molecular complexity index is 1500. The van der Waals surface area contributed by atoms with Crippen molar-refractivity contribution in [2.45, 2.75) is 95.7 Å². The normalized spacial score (nSPS) is 31.4. The van der Waals surface area contributed by atoms with E-state index < -0.39 is 65.7 Å². The first-order valence-electron chi connectivity index (χ1n) is 15.8. The molecule has 14 heteroatoms. The highest BCUT2D eigenvalue weighted by Crippen LogP contribution is 2.49. The number of alkyl carbamates (subject to hydrolysis) is 1. The van der Waals surface area contributed by atoms with Gasteiger partial charge in [-0.3, -0.25) is 14.9 Å². The molecule has 48 heavy (non-hydrogen) atoms. The SMILES string of the molecule is COc1cc2cc(c1Cl)N(C)C(=O)C[C@H](OC(=O)[C@@H](C)N(C)C(C)=O)[C@@]1(C)O[C@@H]1[C@H](C)[C@H]1C[C@@](O)(NC(=O)O1)[C@H](OC)C=CC=C(C)C2. The maximum atomic E-state index is 14.0. The molecule has 0 unspecified atom stereocenters. The molecular weight excluding hydrogens is 646 g/mol. The number of fused-ring (bicyclic) bond motifs is 5. The zero-order chi connectivity index (χ0) is 35.7. The number of aliphatic hydroxyl groups is 1. The van der Waals surface area contributed by atoms with Gasteiger partial charge < -0.3 is 38.6 Å². The van der Waals surface area contributed by atoms with E-state index in [9.17, 15) is 24.3 Å². The van der Waals surface area contributed by atoms with Crippen LogP contribution in [0.25, 0.3) is 0 Å². The lowest BCUT2D eigenvalue weighted by Crippen LogP contribution is -2.63. The molecule has 0 aliphatic carbocycles. The molecule has 0 radical (unpaired) electrons. The second kappa shape index (κ2) is 14.5. The van der Waals surface area contributed by atoms with Crippen LogP contribution in [0.2, 0.25) is 5.02 Å². The minimum absolute atomic E-state index is 0.0436. The molecule has 2 saturated heterocycles. The third kappa shape index (κ3) is 7.64. The number of esters is 1. The smallest absolute Gasteiger partial charge is 0.409 e. The topological polar surface area (TPSA) is 156 Å². The van der Waals surface area contributed by atoms with Crippen LogP contribution in [0.15, 0.2) is 35.9 Å². The number of anilines is 1. The number of ether oxygens (including phenoxy) is 5. The Morgan fingerprint density at radius 3 is 2.56 bits per heavy atom. The number of rotatable bonds is 5. The zero-order valence-corrected chi connectivity index (χ0v) is 29.6. The van der Waals surface area contributed by atoms with E-state index in [2.05, 4.69) is 5.32 Å². The van der Waals surface area contributed by atoms with Crippen LogP contribution in [0, 0.1) is 5.92 Å². The molecular formula is C34H46ClN3O10. The fourth-order valence-corrected chi connectivity index (χ4v) is 6.59. The Balaban J connectivity index is 1.80. The van der Waals surface area contributed by atoms with Gasteiger partial charge in [0.05, 0.1) is 25.3 Å². The first kappa shape index (κ1) is 37.2. The van der Waals surface area contributed by atoms with Gasteiger partial charge in [0.2, 0.25) is 11.8 Å². The Morgan fingerprint density at radius 1 is 1.25 bits per heavy atom. The average molecular weight is 692 g/mol. The zero-order valence-electron chi connectivity index (χ0n) is 28.9. The van der Waals surface area contributed by atoms with E-state index in [4.69, 9.17) is 35.3 Å². The summed E-state index contributed by atoms with van der Waals surface area (Å²) in [6.07, 6.45) is 1.02. The van der Waals surface area contributed by atoms with Gasteiger partial charge >= 0.3 is 12.1 Å². The van der Waals surface area contributed by atoms with Crippen LogP contribution in [0.1, 0.15) is 53.0 Å². The molecule has 2 fully saturated rings. The van der Waals surface area contributed by atoms with Gasteiger partial charge in [-0.1, -0.05) is 42.3 Å². The van der Waals surface area contributed by atoms with E-state index in [0.717, 1.165) is 11.1 Å². The van der Waals surface area contributed by atoms with Gasteiger partial charge in [0.1, 0.15) is 40.7 Å². The molecule has 2 N–H and O–H groups in total. The lowest BCUT2D eigenvalue weighted by molar-refractivity contribution is -0.161. The van der Waals surface area contributed by atoms with E-state index in [1.807, 2.05) is 13.0 Å². The maximum absolute atomic E-state index is 14.0. The second-order valence-corrected chi connectivity index (χ2v) is 13.4. The summed E-state index contributed by atoms with van der Waals surface area (Å²) in [4.78, 5) is 54.7. The Hall–Kier alpha value is -3.65. The molecule has 3 aliphatic heterocycles. The van der Waals surface area contributed by atoms with Gasteiger partial charge in [0.15, 0.2) is 5.72 Å². The summed E-state index contributed by atoms with van der Waals surface area (Å²) < 4.78 is 28.9. The van der Waals surface area contributed by atoms with E-state index in [1.54, 1.807) is 45.2 Å². The molecule has 4 rings (SSSR count). The number of nitrogens with one attached hydrogen (secondary N) is 1. The molecule has 0 aromatic heterocycles. The number of carbonyl (C=O) groups is 4. The van der Waals surface area contributed by atoms with E-state index in [1.165, 1.54) is 44.9 Å². The minimum atomic E-state index is -1.81. The van der Waals surface area contributed by atoms with Gasteiger partial charge in [0, 0.05) is 40.5 Å². The van der Waals surface area contributed by atoms with Crippen LogP contribution in [-0.4, -0.2) is 104 Å². The number of amides is 3. The molecule has 8 atom stereocenters. The van der Waals surface area contributed by atoms with Crippen LogP contribution in [0.5, 0.6) is 5.75 Å². The first-order chi connectivity index (χ1) is 22.4. The molecule has 1 aromatic rings. The van der Waals surface area contributed by atoms with Crippen molar-refractivity contribution in [3.63, 3.8) is 0 Å². The molecule has 1 aromatic carbocycles. The minimum Gasteiger partial charge on any atom is -0.495 e. The summed E-state index contributed by atoms with van der Waals surface area (Å²) in [5.74, 6) is -1.63. The van der Waals surface area contributed by atoms with Gasteiger partial charge in [-0.25, -0.2) is 9.59 Å². The fourth-order valence-electron chi connectivity index (χ4n) is 6.27. The van der Waals surface area contributed by atoms with E-state index >= 15 is 0 Å². The molecule has 264 valence electrons. The number of carbonyl (C=O) groups excluding carboxylic acids is 4. The molecule has 0 saturated carbocycles. The fraction of sp³-hybridized carbons (Fsp3) is 0.588. The van der Waals surface area contributed by atoms with Crippen molar-refractivity contribution in [3.05, 3.63) is 46.5 Å². The number of hydrogen-bond donors (Lipinski definition) is 2. The summed E-state index contributed by atoms with van der Waals surface area (Å²) in [6, 6.07) is 2.63. The van der Waals surface area contributed by atoms with Crippen LogP contribution in [0.3, 0.4) is 0 Å². The van der Waals surface area contributed by atoms with Gasteiger partial charge in [-0.05, 0) is 44.9 Å². The number of halogens is 1. The largest absolute Gasteiger partial charge is 0.495 e. The van der Waals surface area contributed by atoms with Crippen LogP contribution < -0.4 is 15.0 Å². The van der Waals surface area contributed by atoms with Gasteiger partial charge in [0.25, 0.3) is 0 Å². The van der Waals surface area contributed by atoms with Crippen molar-refractivity contribution in [1.82, 2.24) is 10.2 Å². The lowest BCUT2D eigenvalue weighted by Gasteiger charge is -2.42. The van der Waals surface area contributed by atoms with E-state index in [0.29, 0.717) is 17.9 Å². The summed E-state index contributed by atoms with van der Waals surface area (Å²) in [5.41, 5.74) is -0.871. The Labute approximate surface area is 286 Å². The monoisotopic (exact) mass is 691 g/mol. The summed E-state index contributed by atoms with van der Waals surface area (Å²) in [7, 11) is 5.97. The Morgan fingerprint density at radius 2 is 1.94 bits per heavy atom. The molecule has 0 spiro atoms. The maximum Gasteiger partial charge on any atom is 0.409 e. The van der Waals surface area contributed by atoms with Gasteiger partial charge in [-0.15, -0.1) is 0 Å². The first-order valence-corrected chi connectivity index (χ1v) is 16.2. The van der Waals surface area contributed by atoms with Crippen LogP contribution >= 0.6 is 11.6 Å². The molecule has 3 heterocycles. The molecule has 3 amide bonds. The highest BCUT2D eigenvalue weighted by Gasteiger charge is 2.64. The Kier molecular flexibility index (Phi) is 11.2. The van der Waals surface area contributed by atoms with Crippen molar-refractivity contribution in [3.8, 4) is 5.75 Å².